The van der Waals surface area contributed by atoms with Crippen LogP contribution in [0.15, 0.2) is 94.7 Å². The first kappa shape index (κ1) is 21.6. The molecule has 164 valence electrons. The second kappa shape index (κ2) is 8.46. The first-order chi connectivity index (χ1) is 15.2. The topological polar surface area (TPSA) is 147 Å². The standard InChI is InChI=1S/C21H19N5O4S2/c22-31(27,28)16-12-10-15(11-13-16)23-21-14-20(24-25-21)18-8-4-5-9-19(18)26-32(29,30)17-6-2-1-3-7-17/h1-14,26H,(H2,22,27,28)(H2,23,24,25). The molecular weight excluding hydrogens is 450 g/mol. The number of nitrogens with one attached hydrogen (secondary N) is 3. The Morgan fingerprint density at radius 3 is 2.12 bits per heavy atom. The third-order valence-corrected chi connectivity index (χ3v) is 6.85. The number of rotatable bonds is 7. The summed E-state index contributed by atoms with van der Waals surface area (Å²) in [7, 11) is -7.53. The fraction of sp³-hybridized carbons (Fsp3) is 0. The summed E-state index contributed by atoms with van der Waals surface area (Å²) in [6, 6.07) is 22.6. The molecule has 1 aromatic heterocycles. The van der Waals surface area contributed by atoms with Gasteiger partial charge in [0.25, 0.3) is 10.0 Å². The highest BCUT2D eigenvalue weighted by Gasteiger charge is 2.17. The molecule has 0 fully saturated rings. The van der Waals surface area contributed by atoms with Gasteiger partial charge in [-0.1, -0.05) is 36.4 Å². The molecule has 0 spiro atoms. The van der Waals surface area contributed by atoms with Crippen molar-refractivity contribution in [1.82, 2.24) is 10.2 Å². The van der Waals surface area contributed by atoms with Crippen molar-refractivity contribution in [2.24, 2.45) is 5.14 Å². The van der Waals surface area contributed by atoms with Crippen LogP contribution in [0, 0.1) is 0 Å². The van der Waals surface area contributed by atoms with Crippen LogP contribution in [0.5, 0.6) is 0 Å². The number of para-hydroxylation sites is 1. The van der Waals surface area contributed by atoms with Gasteiger partial charge in [0, 0.05) is 17.3 Å². The number of nitrogens with zero attached hydrogens (tertiary/aromatic N) is 1. The van der Waals surface area contributed by atoms with E-state index in [2.05, 4.69) is 20.2 Å². The van der Waals surface area contributed by atoms with E-state index in [0.717, 1.165) is 0 Å². The molecule has 0 saturated heterocycles. The summed E-state index contributed by atoms with van der Waals surface area (Å²) in [5, 5.41) is 15.3. The van der Waals surface area contributed by atoms with Crippen molar-refractivity contribution in [2.45, 2.75) is 9.79 Å². The van der Waals surface area contributed by atoms with E-state index in [1.54, 1.807) is 60.7 Å². The van der Waals surface area contributed by atoms with Gasteiger partial charge in [0.05, 0.1) is 21.2 Å². The molecule has 3 aromatic carbocycles. The van der Waals surface area contributed by atoms with Gasteiger partial charge >= 0.3 is 0 Å². The Balaban J connectivity index is 1.57. The molecule has 9 nitrogen and oxygen atoms in total. The molecule has 5 N–H and O–H groups in total. The third-order valence-electron chi connectivity index (χ3n) is 4.54. The van der Waals surface area contributed by atoms with Crippen LogP contribution in [0.2, 0.25) is 0 Å². The van der Waals surface area contributed by atoms with Crippen molar-refractivity contribution in [2.75, 3.05) is 10.0 Å². The van der Waals surface area contributed by atoms with Crippen LogP contribution in [0.3, 0.4) is 0 Å². The lowest BCUT2D eigenvalue weighted by Crippen LogP contribution is -2.13. The molecule has 32 heavy (non-hydrogen) atoms. The Morgan fingerprint density at radius 1 is 0.781 bits per heavy atom. The Morgan fingerprint density at radius 2 is 1.44 bits per heavy atom. The molecule has 4 rings (SSSR count). The number of aromatic amines is 1. The molecule has 0 amide bonds. The maximum atomic E-state index is 12.7. The van der Waals surface area contributed by atoms with Gasteiger partial charge in [-0.3, -0.25) is 9.82 Å². The average Bonchev–Trinajstić information content (AvgIpc) is 3.22. The molecule has 0 radical (unpaired) electrons. The number of hydrogen-bond acceptors (Lipinski definition) is 6. The average molecular weight is 470 g/mol. The monoisotopic (exact) mass is 469 g/mol. The van der Waals surface area contributed by atoms with E-state index < -0.39 is 20.0 Å². The Labute approximate surface area is 185 Å². The van der Waals surface area contributed by atoms with E-state index in [4.69, 9.17) is 5.14 Å². The smallest absolute Gasteiger partial charge is 0.261 e. The van der Waals surface area contributed by atoms with Gasteiger partial charge in [-0.2, -0.15) is 5.10 Å². The zero-order valence-corrected chi connectivity index (χ0v) is 18.2. The molecule has 0 aliphatic heterocycles. The minimum atomic E-state index is -3.77. The number of anilines is 3. The summed E-state index contributed by atoms with van der Waals surface area (Å²) in [5.41, 5.74) is 2.10. The van der Waals surface area contributed by atoms with Crippen molar-refractivity contribution in [1.29, 1.82) is 0 Å². The molecule has 0 bridgehead atoms. The molecule has 0 saturated carbocycles. The summed E-state index contributed by atoms with van der Waals surface area (Å²) in [5.74, 6) is 0.532. The Bertz CT molecular complexity index is 1450. The van der Waals surface area contributed by atoms with E-state index in [0.29, 0.717) is 28.5 Å². The van der Waals surface area contributed by atoms with Gasteiger partial charge in [0.2, 0.25) is 10.0 Å². The molecule has 0 aliphatic rings. The van der Waals surface area contributed by atoms with E-state index in [1.807, 2.05) is 0 Å². The van der Waals surface area contributed by atoms with E-state index >= 15 is 0 Å². The normalized spacial score (nSPS) is 11.8. The van der Waals surface area contributed by atoms with Gasteiger partial charge < -0.3 is 5.32 Å². The molecule has 0 unspecified atom stereocenters. The molecule has 1 heterocycles. The minimum Gasteiger partial charge on any atom is -0.341 e. The first-order valence-electron chi connectivity index (χ1n) is 9.35. The van der Waals surface area contributed by atoms with Crippen molar-refractivity contribution in [3.63, 3.8) is 0 Å². The Kier molecular flexibility index (Phi) is 5.70. The van der Waals surface area contributed by atoms with Crippen LogP contribution < -0.4 is 15.2 Å². The number of sulfonamides is 2. The number of primary sulfonamides is 1. The van der Waals surface area contributed by atoms with Crippen LogP contribution in [0.1, 0.15) is 0 Å². The predicted octanol–water partition coefficient (Wildman–Crippen LogP) is 3.27. The number of benzene rings is 3. The lowest BCUT2D eigenvalue weighted by atomic mass is 10.1. The van der Waals surface area contributed by atoms with E-state index in [-0.39, 0.29) is 9.79 Å². The van der Waals surface area contributed by atoms with E-state index in [9.17, 15) is 16.8 Å². The zero-order valence-electron chi connectivity index (χ0n) is 16.6. The molecule has 4 aromatic rings. The summed E-state index contributed by atoms with van der Waals surface area (Å²) in [6.45, 7) is 0. The summed E-state index contributed by atoms with van der Waals surface area (Å²) in [6.07, 6.45) is 0. The Hall–Kier alpha value is -3.67. The van der Waals surface area contributed by atoms with Crippen molar-refractivity contribution >= 4 is 37.2 Å². The number of aromatic nitrogens is 2. The molecule has 11 heteroatoms. The number of H-pyrrole nitrogens is 1. The second-order valence-electron chi connectivity index (χ2n) is 6.83. The van der Waals surface area contributed by atoms with Crippen LogP contribution >= 0.6 is 0 Å². The van der Waals surface area contributed by atoms with Crippen molar-refractivity contribution in [3.05, 3.63) is 84.9 Å². The predicted molar refractivity (Wildman–Crippen MR) is 122 cm³/mol. The minimum absolute atomic E-state index is 0.00739. The quantitative estimate of drug-likeness (QED) is 0.327. The van der Waals surface area contributed by atoms with Gasteiger partial charge in [-0.15, -0.1) is 0 Å². The third kappa shape index (κ3) is 4.80. The van der Waals surface area contributed by atoms with Crippen molar-refractivity contribution < 1.29 is 16.8 Å². The van der Waals surface area contributed by atoms with Gasteiger partial charge in [-0.25, -0.2) is 22.0 Å². The lowest BCUT2D eigenvalue weighted by molar-refractivity contribution is 0.597. The number of nitrogens with two attached hydrogens (primary N) is 1. The SMILES string of the molecule is NS(=O)(=O)c1ccc(Nc2cc(-c3ccccc3NS(=O)(=O)c3ccccc3)n[nH]2)cc1. The highest BCUT2D eigenvalue weighted by atomic mass is 32.2. The van der Waals surface area contributed by atoms with Crippen LogP contribution in [0.25, 0.3) is 11.3 Å². The van der Waals surface area contributed by atoms with Crippen LogP contribution in [0.4, 0.5) is 17.2 Å². The largest absolute Gasteiger partial charge is 0.341 e. The molecule has 0 atom stereocenters. The zero-order chi connectivity index (χ0) is 22.8. The first-order valence-corrected chi connectivity index (χ1v) is 12.4. The number of hydrogen-bond donors (Lipinski definition) is 4. The highest BCUT2D eigenvalue weighted by molar-refractivity contribution is 7.92. The maximum Gasteiger partial charge on any atom is 0.261 e. The highest BCUT2D eigenvalue weighted by Crippen LogP contribution is 2.30. The summed E-state index contributed by atoms with van der Waals surface area (Å²) >= 11 is 0. The van der Waals surface area contributed by atoms with Gasteiger partial charge in [0.1, 0.15) is 5.82 Å². The fourth-order valence-electron chi connectivity index (χ4n) is 3.01. The van der Waals surface area contributed by atoms with Crippen LogP contribution in [-0.4, -0.2) is 27.0 Å². The van der Waals surface area contributed by atoms with Crippen molar-refractivity contribution in [3.8, 4) is 11.3 Å². The van der Waals surface area contributed by atoms with E-state index in [1.165, 1.54) is 24.3 Å². The van der Waals surface area contributed by atoms with Gasteiger partial charge in [0.15, 0.2) is 0 Å². The molecule has 0 aliphatic carbocycles. The summed E-state index contributed by atoms with van der Waals surface area (Å²) in [4.78, 5) is 0.162. The maximum absolute atomic E-state index is 12.7. The fourth-order valence-corrected chi connectivity index (χ4v) is 4.62. The second-order valence-corrected chi connectivity index (χ2v) is 10.1. The summed E-state index contributed by atoms with van der Waals surface area (Å²) < 4.78 is 50.8. The lowest BCUT2D eigenvalue weighted by Gasteiger charge is -2.11. The van der Waals surface area contributed by atoms with Gasteiger partial charge in [-0.05, 0) is 42.5 Å². The molecular formula is C21H19N5O4S2. The van der Waals surface area contributed by atoms with Crippen LogP contribution in [-0.2, 0) is 20.0 Å².